The van der Waals surface area contributed by atoms with E-state index < -0.39 is 28.5 Å². The molecule has 1 saturated carbocycles. The number of benzene rings is 1. The molecule has 0 spiro atoms. The van der Waals surface area contributed by atoms with Crippen molar-refractivity contribution in [3.05, 3.63) is 66.6 Å². The Morgan fingerprint density at radius 2 is 1.89 bits per heavy atom. The van der Waals surface area contributed by atoms with Crippen LogP contribution in [0.1, 0.15) is 42.5 Å². The van der Waals surface area contributed by atoms with E-state index in [0.717, 1.165) is 32.1 Å². The summed E-state index contributed by atoms with van der Waals surface area (Å²) in [6.07, 6.45) is 9.40. The summed E-state index contributed by atoms with van der Waals surface area (Å²) < 4.78 is 34.6. The zero-order valence-corrected chi connectivity index (χ0v) is 20.1. The largest absolute Gasteiger partial charge is 0.452 e. The SMILES string of the molecule is CN(C1CCCCC1)S(=O)(=O)c1ccccc1NC(=O)COC(=O)c1ccc(-n2cccn2)nc1. The molecule has 1 amide bonds. The molecule has 1 aliphatic rings. The fraction of sp³-hybridized carbons (Fsp3) is 0.333. The molecule has 1 aliphatic carbocycles. The monoisotopic (exact) mass is 497 g/mol. The van der Waals surface area contributed by atoms with Crippen LogP contribution in [0.4, 0.5) is 5.69 Å². The number of nitrogens with zero attached hydrogens (tertiary/aromatic N) is 4. The van der Waals surface area contributed by atoms with Gasteiger partial charge in [0.05, 0.1) is 11.3 Å². The number of carbonyl (C=O) groups is 2. The Morgan fingerprint density at radius 3 is 2.57 bits per heavy atom. The molecular formula is C24H27N5O5S. The van der Waals surface area contributed by atoms with Gasteiger partial charge in [0.15, 0.2) is 12.4 Å². The number of nitrogens with one attached hydrogen (secondary N) is 1. The van der Waals surface area contributed by atoms with Gasteiger partial charge in [-0.05, 0) is 43.2 Å². The third kappa shape index (κ3) is 5.75. The summed E-state index contributed by atoms with van der Waals surface area (Å²) >= 11 is 0. The van der Waals surface area contributed by atoms with Crippen molar-refractivity contribution in [3.8, 4) is 5.82 Å². The van der Waals surface area contributed by atoms with Crippen LogP contribution in [0.15, 0.2) is 66.0 Å². The maximum atomic E-state index is 13.3. The van der Waals surface area contributed by atoms with E-state index in [1.165, 1.54) is 28.7 Å². The molecule has 0 unspecified atom stereocenters. The van der Waals surface area contributed by atoms with Crippen LogP contribution >= 0.6 is 0 Å². The van der Waals surface area contributed by atoms with Gasteiger partial charge in [-0.1, -0.05) is 31.4 Å². The second-order valence-corrected chi connectivity index (χ2v) is 10.3. The Morgan fingerprint density at radius 1 is 1.11 bits per heavy atom. The molecule has 0 bridgehead atoms. The molecule has 35 heavy (non-hydrogen) atoms. The number of hydrogen-bond acceptors (Lipinski definition) is 7. The first-order valence-electron chi connectivity index (χ1n) is 11.4. The Hall–Kier alpha value is -3.57. The van der Waals surface area contributed by atoms with Crippen molar-refractivity contribution in [2.24, 2.45) is 0 Å². The maximum absolute atomic E-state index is 13.3. The van der Waals surface area contributed by atoms with Crippen LogP contribution in [-0.4, -0.2) is 59.1 Å². The highest BCUT2D eigenvalue weighted by Gasteiger charge is 2.31. The van der Waals surface area contributed by atoms with Gasteiger partial charge < -0.3 is 10.1 Å². The normalized spacial score (nSPS) is 14.6. The molecule has 10 nitrogen and oxygen atoms in total. The van der Waals surface area contributed by atoms with Crippen LogP contribution in [0.2, 0.25) is 0 Å². The van der Waals surface area contributed by atoms with Gasteiger partial charge in [0.25, 0.3) is 5.91 Å². The lowest BCUT2D eigenvalue weighted by atomic mass is 9.96. The molecule has 3 aromatic rings. The van der Waals surface area contributed by atoms with Crippen LogP contribution in [0.5, 0.6) is 0 Å². The minimum absolute atomic E-state index is 0.00570. The third-order valence-electron chi connectivity index (χ3n) is 5.96. The average molecular weight is 498 g/mol. The van der Waals surface area contributed by atoms with Gasteiger partial charge in [0, 0.05) is 31.7 Å². The van der Waals surface area contributed by atoms with E-state index >= 15 is 0 Å². The summed E-state index contributed by atoms with van der Waals surface area (Å²) in [5.74, 6) is -0.847. The van der Waals surface area contributed by atoms with Crippen molar-refractivity contribution in [1.29, 1.82) is 0 Å². The average Bonchev–Trinajstić information content (AvgIpc) is 3.43. The number of carbonyl (C=O) groups excluding carboxylic acids is 2. The van der Waals surface area contributed by atoms with Crippen LogP contribution in [-0.2, 0) is 19.6 Å². The van der Waals surface area contributed by atoms with E-state index in [2.05, 4.69) is 15.4 Å². The van der Waals surface area contributed by atoms with E-state index in [1.807, 2.05) is 0 Å². The smallest absolute Gasteiger partial charge is 0.340 e. The Labute approximate surface area is 204 Å². The number of ether oxygens (including phenoxy) is 1. The number of pyridine rings is 1. The van der Waals surface area contributed by atoms with E-state index in [0.29, 0.717) is 5.82 Å². The zero-order valence-electron chi connectivity index (χ0n) is 19.3. The summed E-state index contributed by atoms with van der Waals surface area (Å²) in [5, 5.41) is 6.62. The molecule has 184 valence electrons. The minimum Gasteiger partial charge on any atom is -0.452 e. The molecule has 1 aromatic carbocycles. The molecule has 1 fully saturated rings. The fourth-order valence-electron chi connectivity index (χ4n) is 4.04. The van der Waals surface area contributed by atoms with Crippen LogP contribution < -0.4 is 5.32 Å². The molecule has 2 heterocycles. The van der Waals surface area contributed by atoms with Crippen LogP contribution in [0.25, 0.3) is 5.82 Å². The summed E-state index contributed by atoms with van der Waals surface area (Å²) in [5.41, 5.74) is 0.312. The fourth-order valence-corrected chi connectivity index (χ4v) is 5.60. The van der Waals surface area contributed by atoms with Gasteiger partial charge >= 0.3 is 5.97 Å². The number of aromatic nitrogens is 3. The van der Waals surface area contributed by atoms with E-state index in [4.69, 9.17) is 4.74 Å². The van der Waals surface area contributed by atoms with Crippen molar-refractivity contribution in [3.63, 3.8) is 0 Å². The Bertz CT molecular complexity index is 1270. The lowest BCUT2D eigenvalue weighted by molar-refractivity contribution is -0.119. The highest BCUT2D eigenvalue weighted by molar-refractivity contribution is 7.89. The molecule has 11 heteroatoms. The number of anilines is 1. The molecule has 0 saturated heterocycles. The predicted molar refractivity (Wildman–Crippen MR) is 129 cm³/mol. The molecular weight excluding hydrogens is 470 g/mol. The van der Waals surface area contributed by atoms with Crippen molar-refractivity contribution < 1.29 is 22.7 Å². The third-order valence-corrected chi connectivity index (χ3v) is 7.93. The van der Waals surface area contributed by atoms with E-state index in [-0.39, 0.29) is 22.2 Å². The number of esters is 1. The molecule has 0 atom stereocenters. The van der Waals surface area contributed by atoms with Crippen molar-refractivity contribution >= 4 is 27.6 Å². The number of rotatable bonds is 8. The topological polar surface area (TPSA) is 123 Å². The Balaban J connectivity index is 1.38. The van der Waals surface area contributed by atoms with Crippen LogP contribution in [0.3, 0.4) is 0 Å². The van der Waals surface area contributed by atoms with Crippen molar-refractivity contribution in [2.45, 2.75) is 43.0 Å². The highest BCUT2D eigenvalue weighted by atomic mass is 32.2. The van der Waals surface area contributed by atoms with Gasteiger partial charge in [0.2, 0.25) is 10.0 Å². The minimum atomic E-state index is -3.82. The van der Waals surface area contributed by atoms with E-state index in [1.54, 1.807) is 48.4 Å². The van der Waals surface area contributed by atoms with Gasteiger partial charge in [-0.25, -0.2) is 22.9 Å². The highest BCUT2D eigenvalue weighted by Crippen LogP contribution is 2.29. The zero-order chi connectivity index (χ0) is 24.8. The number of sulfonamides is 1. The van der Waals surface area contributed by atoms with Gasteiger partial charge in [-0.3, -0.25) is 4.79 Å². The standard InChI is InChI=1S/C24H27N5O5S/c1-28(19-8-3-2-4-9-19)35(32,33)21-11-6-5-10-20(21)27-23(30)17-34-24(31)18-12-13-22(25-16-18)29-15-7-14-26-29/h5-7,10-16,19H,2-4,8-9,17H2,1H3,(H,27,30). The quantitative estimate of drug-likeness (QED) is 0.475. The summed E-state index contributed by atoms with van der Waals surface area (Å²) in [6.45, 7) is -0.577. The number of hydrogen-bond donors (Lipinski definition) is 1. The molecule has 0 aliphatic heterocycles. The molecule has 0 radical (unpaired) electrons. The van der Waals surface area contributed by atoms with Gasteiger partial charge in [-0.15, -0.1) is 0 Å². The summed E-state index contributed by atoms with van der Waals surface area (Å²) in [6, 6.07) is 11.0. The molecule has 1 N–H and O–H groups in total. The summed E-state index contributed by atoms with van der Waals surface area (Å²) in [7, 11) is -2.24. The summed E-state index contributed by atoms with van der Waals surface area (Å²) in [4.78, 5) is 29.0. The molecule has 2 aromatic heterocycles. The van der Waals surface area contributed by atoms with Gasteiger partial charge in [-0.2, -0.15) is 9.40 Å². The number of amides is 1. The lowest BCUT2D eigenvalue weighted by Crippen LogP contribution is -2.38. The number of para-hydroxylation sites is 1. The van der Waals surface area contributed by atoms with Gasteiger partial charge in [0.1, 0.15) is 4.90 Å². The van der Waals surface area contributed by atoms with Crippen molar-refractivity contribution in [2.75, 3.05) is 19.0 Å². The predicted octanol–water partition coefficient (Wildman–Crippen LogP) is 3.02. The lowest BCUT2D eigenvalue weighted by Gasteiger charge is -2.30. The van der Waals surface area contributed by atoms with Crippen LogP contribution in [0, 0.1) is 0 Å². The first kappa shape index (κ1) is 24.6. The molecule has 4 rings (SSSR count). The van der Waals surface area contributed by atoms with Crippen molar-refractivity contribution in [1.82, 2.24) is 19.1 Å². The second kappa shape index (κ2) is 10.8. The second-order valence-electron chi connectivity index (χ2n) is 8.29. The first-order valence-corrected chi connectivity index (χ1v) is 12.8. The maximum Gasteiger partial charge on any atom is 0.340 e. The van der Waals surface area contributed by atoms with E-state index in [9.17, 15) is 18.0 Å². The Kier molecular flexibility index (Phi) is 7.57. The first-order chi connectivity index (χ1) is 16.9.